The molecule has 3 aromatic rings. The predicted octanol–water partition coefficient (Wildman–Crippen LogP) is 4.57. The molecule has 3 aromatic carbocycles. The van der Waals surface area contributed by atoms with Crippen molar-refractivity contribution in [3.05, 3.63) is 94.3 Å². The van der Waals surface area contributed by atoms with E-state index < -0.39 is 11.7 Å². The Labute approximate surface area is 183 Å². The van der Waals surface area contributed by atoms with E-state index in [0.29, 0.717) is 22.0 Å². The third-order valence-electron chi connectivity index (χ3n) is 4.30. The summed E-state index contributed by atoms with van der Waals surface area (Å²) < 4.78 is 18.8. The van der Waals surface area contributed by atoms with Crippen molar-refractivity contribution in [2.75, 3.05) is 11.9 Å². The second-order valence-electron chi connectivity index (χ2n) is 6.49. The van der Waals surface area contributed by atoms with Crippen LogP contribution in [0.4, 0.5) is 10.1 Å². The molecular formula is C23H19ClFN3O3. The zero-order valence-electron chi connectivity index (χ0n) is 16.6. The van der Waals surface area contributed by atoms with Crippen LogP contribution in [0.2, 0.25) is 5.02 Å². The molecule has 0 radical (unpaired) electrons. The van der Waals surface area contributed by atoms with E-state index in [-0.39, 0.29) is 18.1 Å². The topological polar surface area (TPSA) is 79.8 Å². The largest absolute Gasteiger partial charge is 0.484 e. The van der Waals surface area contributed by atoms with E-state index in [1.807, 2.05) is 6.92 Å². The molecule has 158 valence electrons. The molecule has 0 heterocycles. The van der Waals surface area contributed by atoms with Gasteiger partial charge in [-0.3, -0.25) is 9.59 Å². The van der Waals surface area contributed by atoms with E-state index in [1.165, 1.54) is 18.3 Å². The summed E-state index contributed by atoms with van der Waals surface area (Å²) in [6.45, 7) is 1.53. The van der Waals surface area contributed by atoms with Gasteiger partial charge in [-0.1, -0.05) is 35.9 Å². The minimum atomic E-state index is -0.508. The number of rotatable bonds is 7. The van der Waals surface area contributed by atoms with Crippen molar-refractivity contribution < 1.29 is 18.7 Å². The molecule has 0 aliphatic rings. The standard InChI is InChI=1S/C23H19ClFN3O3/c1-15-19(24)6-4-8-21(15)27-23(30)16-9-11-18(12-10-16)31-14-22(29)28-26-13-17-5-2-3-7-20(17)25/h2-13H,14H2,1H3,(H,27,30)(H,28,29)/b26-13-. The number of carbonyl (C=O) groups excluding carboxylic acids is 2. The molecule has 0 fully saturated rings. The highest BCUT2D eigenvalue weighted by Gasteiger charge is 2.10. The van der Waals surface area contributed by atoms with E-state index in [0.717, 1.165) is 5.56 Å². The van der Waals surface area contributed by atoms with Crippen molar-refractivity contribution in [3.63, 3.8) is 0 Å². The molecule has 0 unspecified atom stereocenters. The van der Waals surface area contributed by atoms with Gasteiger partial charge in [-0.2, -0.15) is 5.10 Å². The van der Waals surface area contributed by atoms with Gasteiger partial charge in [0.2, 0.25) is 0 Å². The summed E-state index contributed by atoms with van der Waals surface area (Å²) in [5.41, 5.74) is 4.35. The van der Waals surface area contributed by atoms with Gasteiger partial charge in [-0.25, -0.2) is 9.82 Å². The van der Waals surface area contributed by atoms with Crippen molar-refractivity contribution in [2.24, 2.45) is 5.10 Å². The number of hydrogen-bond acceptors (Lipinski definition) is 4. The zero-order valence-corrected chi connectivity index (χ0v) is 17.3. The van der Waals surface area contributed by atoms with Crippen LogP contribution in [0.3, 0.4) is 0 Å². The number of nitrogens with zero attached hydrogens (tertiary/aromatic N) is 1. The maximum atomic E-state index is 13.5. The van der Waals surface area contributed by atoms with Crippen LogP contribution in [0.15, 0.2) is 71.8 Å². The molecule has 0 aliphatic heterocycles. The third kappa shape index (κ3) is 6.13. The maximum absolute atomic E-state index is 13.5. The van der Waals surface area contributed by atoms with Crippen molar-refractivity contribution in [1.82, 2.24) is 5.43 Å². The predicted molar refractivity (Wildman–Crippen MR) is 118 cm³/mol. The van der Waals surface area contributed by atoms with Crippen LogP contribution in [0, 0.1) is 12.7 Å². The number of halogens is 2. The fourth-order valence-corrected chi connectivity index (χ4v) is 2.75. The lowest BCUT2D eigenvalue weighted by molar-refractivity contribution is -0.123. The van der Waals surface area contributed by atoms with Gasteiger partial charge < -0.3 is 10.1 Å². The number of amides is 2. The van der Waals surface area contributed by atoms with Crippen LogP contribution < -0.4 is 15.5 Å². The highest BCUT2D eigenvalue weighted by Crippen LogP contribution is 2.23. The summed E-state index contributed by atoms with van der Waals surface area (Å²) in [5, 5.41) is 7.07. The van der Waals surface area contributed by atoms with Crippen molar-refractivity contribution >= 4 is 35.3 Å². The summed E-state index contributed by atoms with van der Waals surface area (Å²) in [6, 6.07) is 17.7. The van der Waals surface area contributed by atoms with E-state index in [4.69, 9.17) is 16.3 Å². The second kappa shape index (κ2) is 10.4. The monoisotopic (exact) mass is 439 g/mol. The molecule has 0 atom stereocenters. The van der Waals surface area contributed by atoms with Gasteiger partial charge in [0, 0.05) is 21.8 Å². The molecule has 6 nitrogen and oxygen atoms in total. The van der Waals surface area contributed by atoms with Gasteiger partial charge in [0.15, 0.2) is 6.61 Å². The average Bonchev–Trinajstić information content (AvgIpc) is 2.77. The SMILES string of the molecule is Cc1c(Cl)cccc1NC(=O)c1ccc(OCC(=O)N/N=C\c2ccccc2F)cc1. The second-order valence-corrected chi connectivity index (χ2v) is 6.90. The van der Waals surface area contributed by atoms with Crippen LogP contribution in [-0.4, -0.2) is 24.6 Å². The lowest BCUT2D eigenvalue weighted by Gasteiger charge is -2.10. The lowest BCUT2D eigenvalue weighted by atomic mass is 10.1. The number of ether oxygens (including phenoxy) is 1. The quantitative estimate of drug-likeness (QED) is 0.418. The van der Waals surface area contributed by atoms with Crippen LogP contribution in [-0.2, 0) is 4.79 Å². The number of anilines is 1. The Morgan fingerprint density at radius 3 is 2.55 bits per heavy atom. The summed E-state index contributed by atoms with van der Waals surface area (Å²) in [5.74, 6) is -0.835. The molecule has 8 heteroatoms. The third-order valence-corrected chi connectivity index (χ3v) is 4.71. The van der Waals surface area contributed by atoms with E-state index in [9.17, 15) is 14.0 Å². The summed E-state index contributed by atoms with van der Waals surface area (Å²) in [4.78, 5) is 24.2. The van der Waals surface area contributed by atoms with Crippen LogP contribution >= 0.6 is 11.6 Å². The number of hydrogen-bond donors (Lipinski definition) is 2. The van der Waals surface area contributed by atoms with E-state index in [2.05, 4.69) is 15.8 Å². The molecule has 0 bridgehead atoms. The van der Waals surface area contributed by atoms with E-state index in [1.54, 1.807) is 54.6 Å². The molecule has 0 saturated carbocycles. The van der Waals surface area contributed by atoms with Crippen LogP contribution in [0.25, 0.3) is 0 Å². The number of benzene rings is 3. The zero-order chi connectivity index (χ0) is 22.2. The Bertz CT molecular complexity index is 1120. The number of carbonyl (C=O) groups is 2. The first kappa shape index (κ1) is 22.0. The first-order valence-electron chi connectivity index (χ1n) is 9.30. The molecule has 3 rings (SSSR count). The normalized spacial score (nSPS) is 10.7. The Hall–Kier alpha value is -3.71. The fourth-order valence-electron chi connectivity index (χ4n) is 2.57. The average molecular weight is 440 g/mol. The Kier molecular flexibility index (Phi) is 7.35. The smallest absolute Gasteiger partial charge is 0.277 e. The first-order chi connectivity index (χ1) is 14.9. The molecule has 0 saturated heterocycles. The Morgan fingerprint density at radius 1 is 1.06 bits per heavy atom. The van der Waals surface area contributed by atoms with Crippen molar-refractivity contribution in [2.45, 2.75) is 6.92 Å². The van der Waals surface area contributed by atoms with Crippen molar-refractivity contribution in [1.29, 1.82) is 0 Å². The summed E-state index contributed by atoms with van der Waals surface area (Å²) >= 11 is 6.07. The first-order valence-corrected chi connectivity index (χ1v) is 9.67. The van der Waals surface area contributed by atoms with Gasteiger partial charge in [-0.05, 0) is 55.0 Å². The van der Waals surface area contributed by atoms with Gasteiger partial charge >= 0.3 is 0 Å². The summed E-state index contributed by atoms with van der Waals surface area (Å²) in [6.07, 6.45) is 1.21. The Morgan fingerprint density at radius 2 is 1.81 bits per heavy atom. The highest BCUT2D eigenvalue weighted by atomic mass is 35.5. The molecule has 0 aromatic heterocycles. The minimum Gasteiger partial charge on any atom is -0.484 e. The Balaban J connectivity index is 1.50. The van der Waals surface area contributed by atoms with Gasteiger partial charge in [0.05, 0.1) is 6.21 Å². The van der Waals surface area contributed by atoms with E-state index >= 15 is 0 Å². The minimum absolute atomic E-state index is 0.255. The van der Waals surface area contributed by atoms with Crippen molar-refractivity contribution in [3.8, 4) is 5.75 Å². The number of nitrogens with one attached hydrogen (secondary N) is 2. The molecule has 2 amide bonds. The summed E-state index contributed by atoms with van der Waals surface area (Å²) in [7, 11) is 0. The molecular weight excluding hydrogens is 421 g/mol. The molecule has 31 heavy (non-hydrogen) atoms. The van der Waals surface area contributed by atoms with Gasteiger partial charge in [0.1, 0.15) is 11.6 Å². The maximum Gasteiger partial charge on any atom is 0.277 e. The van der Waals surface area contributed by atoms with Crippen LogP contribution in [0.5, 0.6) is 5.75 Å². The lowest BCUT2D eigenvalue weighted by Crippen LogP contribution is -2.24. The van der Waals surface area contributed by atoms with Gasteiger partial charge in [-0.15, -0.1) is 0 Å². The highest BCUT2D eigenvalue weighted by molar-refractivity contribution is 6.31. The number of hydrazone groups is 1. The molecule has 0 aliphatic carbocycles. The van der Waals surface area contributed by atoms with Gasteiger partial charge in [0.25, 0.3) is 11.8 Å². The van der Waals surface area contributed by atoms with Crippen LogP contribution in [0.1, 0.15) is 21.5 Å². The fraction of sp³-hybridized carbons (Fsp3) is 0.0870. The molecule has 0 spiro atoms. The molecule has 2 N–H and O–H groups in total.